The van der Waals surface area contributed by atoms with E-state index >= 15 is 0 Å². The van der Waals surface area contributed by atoms with Crippen LogP contribution in [0.5, 0.6) is 0 Å². The lowest BCUT2D eigenvalue weighted by molar-refractivity contribution is 0.437. The van der Waals surface area contributed by atoms with Crippen LogP contribution in [0.4, 0.5) is 13.2 Å². The Balaban J connectivity index is 1.95. The van der Waals surface area contributed by atoms with Crippen LogP contribution in [0.1, 0.15) is 0 Å². The van der Waals surface area contributed by atoms with E-state index in [0.717, 1.165) is 17.4 Å². The van der Waals surface area contributed by atoms with E-state index in [-0.39, 0.29) is 31.0 Å². The monoisotopic (exact) mass is 306 g/mol. The van der Waals surface area contributed by atoms with Crippen molar-refractivity contribution in [1.82, 2.24) is 9.62 Å². The van der Waals surface area contributed by atoms with Gasteiger partial charge in [0.25, 0.3) is 0 Å². The summed E-state index contributed by atoms with van der Waals surface area (Å²) >= 11 is 0. The van der Waals surface area contributed by atoms with Crippen molar-refractivity contribution in [3.8, 4) is 0 Å². The van der Waals surface area contributed by atoms with E-state index in [0.29, 0.717) is 6.07 Å². The van der Waals surface area contributed by atoms with Gasteiger partial charge in [-0.3, -0.25) is 0 Å². The molecule has 2 saturated heterocycles. The number of nitrogens with one attached hydrogen (secondary N) is 1. The fraction of sp³-hybridized carbons (Fsp3) is 0.500. The van der Waals surface area contributed by atoms with Gasteiger partial charge in [0, 0.05) is 19.2 Å². The molecule has 2 aliphatic heterocycles. The minimum Gasteiger partial charge on any atom is -0.316 e. The van der Waals surface area contributed by atoms with Gasteiger partial charge in [-0.1, -0.05) is 0 Å². The molecule has 0 unspecified atom stereocenters. The summed E-state index contributed by atoms with van der Waals surface area (Å²) in [7, 11) is -4.13. The van der Waals surface area contributed by atoms with Crippen LogP contribution >= 0.6 is 0 Å². The van der Waals surface area contributed by atoms with Crippen molar-refractivity contribution in [3.05, 3.63) is 29.6 Å². The van der Waals surface area contributed by atoms with Gasteiger partial charge in [0.1, 0.15) is 10.7 Å². The van der Waals surface area contributed by atoms with Gasteiger partial charge in [0.05, 0.1) is 0 Å². The van der Waals surface area contributed by atoms with E-state index in [9.17, 15) is 21.6 Å². The van der Waals surface area contributed by atoms with Crippen LogP contribution in [0.15, 0.2) is 17.0 Å². The second-order valence-electron chi connectivity index (χ2n) is 5.20. The zero-order valence-corrected chi connectivity index (χ0v) is 11.3. The van der Waals surface area contributed by atoms with Crippen LogP contribution in [0, 0.1) is 29.3 Å². The van der Waals surface area contributed by atoms with E-state index < -0.39 is 32.4 Å². The highest BCUT2D eigenvalue weighted by molar-refractivity contribution is 7.89. The van der Waals surface area contributed by atoms with Crippen LogP contribution in [-0.4, -0.2) is 38.9 Å². The Labute approximate surface area is 114 Å². The van der Waals surface area contributed by atoms with Gasteiger partial charge in [0.2, 0.25) is 10.0 Å². The average molecular weight is 306 g/mol. The first-order valence-corrected chi connectivity index (χ1v) is 7.69. The predicted octanol–water partition coefficient (Wildman–Crippen LogP) is 0.944. The quantitative estimate of drug-likeness (QED) is 0.828. The number of hydrogen-bond acceptors (Lipinski definition) is 3. The highest BCUT2D eigenvalue weighted by Gasteiger charge is 2.42. The van der Waals surface area contributed by atoms with Gasteiger partial charge in [0.15, 0.2) is 11.6 Å². The molecule has 3 rings (SSSR count). The van der Waals surface area contributed by atoms with Crippen molar-refractivity contribution in [2.75, 3.05) is 26.2 Å². The highest BCUT2D eigenvalue weighted by Crippen LogP contribution is 2.32. The van der Waals surface area contributed by atoms with E-state index in [1.54, 1.807) is 0 Å². The Bertz CT molecular complexity index is 638. The molecule has 1 aromatic carbocycles. The molecule has 2 atom stereocenters. The van der Waals surface area contributed by atoms with Gasteiger partial charge in [-0.25, -0.2) is 21.6 Å². The standard InChI is InChI=1S/C12H13F3N2O2S/c13-9-1-11(15)12(2-10(9)14)20(18,19)17-5-7-3-16-4-8(7)6-17/h1-2,7-8,16H,3-6H2/t7-,8+. The summed E-state index contributed by atoms with van der Waals surface area (Å²) in [5, 5.41) is 3.16. The molecule has 2 aliphatic rings. The lowest BCUT2D eigenvalue weighted by atomic mass is 10.0. The molecule has 1 N–H and O–H groups in total. The van der Waals surface area contributed by atoms with Crippen LogP contribution < -0.4 is 5.32 Å². The molecule has 0 spiro atoms. The third-order valence-electron chi connectivity index (χ3n) is 3.95. The highest BCUT2D eigenvalue weighted by atomic mass is 32.2. The molecule has 0 bridgehead atoms. The molecule has 0 amide bonds. The molecule has 110 valence electrons. The predicted molar refractivity (Wildman–Crippen MR) is 64.9 cm³/mol. The molecule has 8 heteroatoms. The Morgan fingerprint density at radius 1 is 1.00 bits per heavy atom. The minimum atomic E-state index is -4.13. The zero-order valence-electron chi connectivity index (χ0n) is 10.4. The number of hydrogen-bond donors (Lipinski definition) is 1. The van der Waals surface area contributed by atoms with Crippen molar-refractivity contribution in [3.63, 3.8) is 0 Å². The first-order valence-electron chi connectivity index (χ1n) is 6.25. The Morgan fingerprint density at radius 3 is 2.15 bits per heavy atom. The summed E-state index contributed by atoms with van der Waals surface area (Å²) < 4.78 is 65.5. The maximum absolute atomic E-state index is 13.6. The van der Waals surface area contributed by atoms with Gasteiger partial charge >= 0.3 is 0 Å². The van der Waals surface area contributed by atoms with Crippen molar-refractivity contribution >= 4 is 10.0 Å². The fourth-order valence-corrected chi connectivity index (χ4v) is 4.46. The van der Waals surface area contributed by atoms with Gasteiger partial charge in [-0.2, -0.15) is 4.31 Å². The maximum Gasteiger partial charge on any atom is 0.246 e. The third-order valence-corrected chi connectivity index (χ3v) is 5.80. The van der Waals surface area contributed by atoms with Crippen molar-refractivity contribution < 1.29 is 21.6 Å². The summed E-state index contributed by atoms with van der Waals surface area (Å²) in [6.45, 7) is 1.99. The molecule has 0 saturated carbocycles. The van der Waals surface area contributed by atoms with E-state index in [1.165, 1.54) is 0 Å². The number of fused-ring (bicyclic) bond motifs is 1. The van der Waals surface area contributed by atoms with E-state index in [1.807, 2.05) is 0 Å². The molecule has 0 radical (unpaired) electrons. The topological polar surface area (TPSA) is 49.4 Å². The largest absolute Gasteiger partial charge is 0.316 e. The summed E-state index contributed by atoms with van der Waals surface area (Å²) in [5.41, 5.74) is 0. The molecular formula is C12H13F3N2O2S. The number of sulfonamides is 1. The third kappa shape index (κ3) is 2.11. The van der Waals surface area contributed by atoms with Crippen molar-refractivity contribution in [2.45, 2.75) is 4.90 Å². The second-order valence-corrected chi connectivity index (χ2v) is 7.10. The molecule has 0 aromatic heterocycles. The maximum atomic E-state index is 13.6. The molecule has 4 nitrogen and oxygen atoms in total. The summed E-state index contributed by atoms with van der Waals surface area (Å²) in [4.78, 5) is -0.802. The first-order chi connectivity index (χ1) is 9.39. The van der Waals surface area contributed by atoms with Crippen molar-refractivity contribution in [1.29, 1.82) is 0 Å². The minimum absolute atomic E-state index is 0.193. The van der Waals surface area contributed by atoms with Gasteiger partial charge in [-0.15, -0.1) is 0 Å². The van der Waals surface area contributed by atoms with Gasteiger partial charge in [-0.05, 0) is 31.0 Å². The SMILES string of the molecule is O=S(=O)(c1cc(F)c(F)cc1F)N1C[C@H]2CNC[C@H]2C1. The normalized spacial score (nSPS) is 26.9. The first kappa shape index (κ1) is 13.8. The van der Waals surface area contributed by atoms with Crippen LogP contribution in [0.2, 0.25) is 0 Å². The van der Waals surface area contributed by atoms with E-state index in [2.05, 4.69) is 5.32 Å². The number of nitrogens with zero attached hydrogens (tertiary/aromatic N) is 1. The Hall–Kier alpha value is -1.12. The van der Waals surface area contributed by atoms with Crippen LogP contribution in [-0.2, 0) is 10.0 Å². The second kappa shape index (κ2) is 4.71. The molecular weight excluding hydrogens is 293 g/mol. The summed E-state index contributed by atoms with van der Waals surface area (Å²) in [6.07, 6.45) is 0. The zero-order chi connectivity index (χ0) is 14.5. The average Bonchev–Trinajstić information content (AvgIpc) is 2.94. The van der Waals surface area contributed by atoms with Crippen LogP contribution in [0.25, 0.3) is 0 Å². The smallest absolute Gasteiger partial charge is 0.246 e. The molecule has 1 aromatic rings. The number of rotatable bonds is 2. The molecule has 20 heavy (non-hydrogen) atoms. The molecule has 2 fully saturated rings. The van der Waals surface area contributed by atoms with Gasteiger partial charge < -0.3 is 5.32 Å². The Kier molecular flexibility index (Phi) is 3.26. The fourth-order valence-electron chi connectivity index (χ4n) is 2.85. The van der Waals surface area contributed by atoms with E-state index in [4.69, 9.17) is 0 Å². The lowest BCUT2D eigenvalue weighted by Crippen LogP contribution is -2.32. The Morgan fingerprint density at radius 2 is 1.55 bits per heavy atom. The van der Waals surface area contributed by atoms with Crippen LogP contribution in [0.3, 0.4) is 0 Å². The summed E-state index contributed by atoms with van der Waals surface area (Å²) in [5.74, 6) is -3.65. The summed E-state index contributed by atoms with van der Waals surface area (Å²) in [6, 6.07) is 0.674. The van der Waals surface area contributed by atoms with Crippen molar-refractivity contribution in [2.24, 2.45) is 11.8 Å². The molecule has 2 heterocycles. The number of halogens is 3. The molecule has 0 aliphatic carbocycles. The lowest BCUT2D eigenvalue weighted by Gasteiger charge is -2.18. The number of benzene rings is 1.